The Bertz CT molecular complexity index is 1610. The summed E-state index contributed by atoms with van der Waals surface area (Å²) in [6, 6.07) is 13.3. The zero-order chi connectivity index (χ0) is 25.2. The van der Waals surface area contributed by atoms with Crippen molar-refractivity contribution in [2.24, 2.45) is 0 Å². The molecule has 12 heteroatoms. The van der Waals surface area contributed by atoms with Gasteiger partial charge in [-0.15, -0.1) is 0 Å². The van der Waals surface area contributed by atoms with Crippen molar-refractivity contribution in [3.63, 3.8) is 0 Å². The summed E-state index contributed by atoms with van der Waals surface area (Å²) in [6.45, 7) is -3.89. The molecular weight excluding hydrogens is 482 g/mol. The lowest BCUT2D eigenvalue weighted by molar-refractivity contribution is -0.0498. The normalized spacial score (nSPS) is 11.5. The largest absolute Gasteiger partial charge is 0.472 e. The Morgan fingerprint density at radius 3 is 2.47 bits per heavy atom. The van der Waals surface area contributed by atoms with Crippen LogP contribution in [0, 0.1) is 0 Å². The number of aromatic nitrogens is 5. The Labute approximate surface area is 199 Å². The second kappa shape index (κ2) is 9.56. The second-order valence-corrected chi connectivity index (χ2v) is 7.48. The molecule has 0 atom stereocenters. The van der Waals surface area contributed by atoms with Gasteiger partial charge in [0.15, 0.2) is 6.61 Å². The average Bonchev–Trinajstić information content (AvgIpc) is 2.87. The number of pyridine rings is 1. The van der Waals surface area contributed by atoms with E-state index in [1.807, 2.05) is 0 Å². The number of alkyl halides is 4. The summed E-state index contributed by atoms with van der Waals surface area (Å²) in [5.41, 5.74) is 1.25. The smallest absolute Gasteiger partial charge is 0.387 e. The number of benzene rings is 2. The van der Waals surface area contributed by atoms with E-state index in [9.17, 15) is 22.4 Å². The Morgan fingerprint density at radius 2 is 1.72 bits per heavy atom. The van der Waals surface area contributed by atoms with Gasteiger partial charge in [0.25, 0.3) is 12.0 Å². The molecule has 0 fully saturated rings. The summed E-state index contributed by atoms with van der Waals surface area (Å²) in [6.07, 6.45) is 0.281. The van der Waals surface area contributed by atoms with Crippen molar-refractivity contribution in [1.29, 1.82) is 0 Å². The lowest BCUT2D eigenvalue weighted by Crippen LogP contribution is -2.23. The summed E-state index contributed by atoms with van der Waals surface area (Å²) in [5, 5.41) is 5.08. The number of hydrogen-bond donors (Lipinski definition) is 0. The van der Waals surface area contributed by atoms with Crippen molar-refractivity contribution in [3.05, 3.63) is 77.5 Å². The van der Waals surface area contributed by atoms with Gasteiger partial charge in [-0.05, 0) is 42.0 Å². The van der Waals surface area contributed by atoms with Gasteiger partial charge in [-0.1, -0.05) is 12.1 Å². The van der Waals surface area contributed by atoms with Gasteiger partial charge in [-0.3, -0.25) is 4.79 Å². The summed E-state index contributed by atoms with van der Waals surface area (Å²) in [4.78, 5) is 26.1. The number of hydrogen-bond acceptors (Lipinski definition) is 7. The van der Waals surface area contributed by atoms with Crippen LogP contribution >= 0.6 is 0 Å². The van der Waals surface area contributed by atoms with Crippen LogP contribution in [0.4, 0.5) is 17.6 Å². The van der Waals surface area contributed by atoms with E-state index in [0.717, 1.165) is 4.68 Å². The molecule has 0 saturated carbocycles. The summed E-state index contributed by atoms with van der Waals surface area (Å²) in [7, 11) is 0. The lowest BCUT2D eigenvalue weighted by Gasteiger charge is -2.13. The molecule has 8 nitrogen and oxygen atoms in total. The molecule has 182 valence electrons. The van der Waals surface area contributed by atoms with E-state index in [0.29, 0.717) is 22.2 Å². The first-order valence-corrected chi connectivity index (χ1v) is 10.5. The van der Waals surface area contributed by atoms with Crippen molar-refractivity contribution in [2.75, 3.05) is 6.61 Å². The van der Waals surface area contributed by atoms with Crippen LogP contribution in [-0.4, -0.2) is 44.4 Å². The quantitative estimate of drug-likeness (QED) is 0.303. The van der Waals surface area contributed by atoms with E-state index >= 15 is 0 Å². The van der Waals surface area contributed by atoms with E-state index in [2.05, 4.69) is 24.8 Å². The van der Waals surface area contributed by atoms with E-state index in [1.165, 1.54) is 42.7 Å². The fourth-order valence-corrected chi connectivity index (χ4v) is 3.63. The van der Waals surface area contributed by atoms with Crippen molar-refractivity contribution < 1.29 is 27.0 Å². The lowest BCUT2D eigenvalue weighted by atomic mass is 10.1. The van der Waals surface area contributed by atoms with Gasteiger partial charge in [-0.25, -0.2) is 23.7 Å². The molecule has 5 aromatic rings. The highest BCUT2D eigenvalue weighted by molar-refractivity contribution is 5.91. The van der Waals surface area contributed by atoms with Crippen LogP contribution in [0.1, 0.15) is 0 Å². The number of ether oxygens (including phenoxy) is 2. The molecule has 0 aliphatic rings. The van der Waals surface area contributed by atoms with E-state index in [1.54, 1.807) is 24.4 Å². The van der Waals surface area contributed by atoms with Crippen LogP contribution in [-0.2, 0) is 0 Å². The monoisotopic (exact) mass is 497 g/mol. The molecule has 2 aromatic carbocycles. The highest BCUT2D eigenvalue weighted by Crippen LogP contribution is 2.28. The zero-order valence-corrected chi connectivity index (χ0v) is 18.2. The number of fused-ring (bicyclic) bond motifs is 2. The molecule has 0 bridgehead atoms. The van der Waals surface area contributed by atoms with Crippen LogP contribution in [0.5, 0.6) is 11.6 Å². The van der Waals surface area contributed by atoms with Gasteiger partial charge in [0.2, 0.25) is 5.88 Å². The predicted octanol–water partition coefficient (Wildman–Crippen LogP) is 4.64. The third kappa shape index (κ3) is 4.65. The molecule has 0 amide bonds. The zero-order valence-electron chi connectivity index (χ0n) is 18.2. The predicted molar refractivity (Wildman–Crippen MR) is 122 cm³/mol. The van der Waals surface area contributed by atoms with Gasteiger partial charge in [0, 0.05) is 17.6 Å². The van der Waals surface area contributed by atoms with Crippen LogP contribution in [0.25, 0.3) is 38.8 Å². The average molecular weight is 497 g/mol. The number of halogens is 4. The fraction of sp³-hybridized carbons (Fsp3) is 0.125. The Kier molecular flexibility index (Phi) is 6.15. The topological polar surface area (TPSA) is 92.0 Å². The molecule has 0 aliphatic carbocycles. The maximum absolute atomic E-state index is 13.7. The molecular formula is C24H15F4N5O3. The fourth-order valence-electron chi connectivity index (χ4n) is 3.63. The minimum Gasteiger partial charge on any atom is -0.472 e. The van der Waals surface area contributed by atoms with Crippen molar-refractivity contribution in [1.82, 2.24) is 24.7 Å². The molecule has 0 aliphatic heterocycles. The first kappa shape index (κ1) is 23.1. The van der Waals surface area contributed by atoms with Crippen molar-refractivity contribution in [3.8, 4) is 28.4 Å². The highest BCUT2D eigenvalue weighted by atomic mass is 19.3. The first-order chi connectivity index (χ1) is 17.4. The van der Waals surface area contributed by atoms with E-state index in [-0.39, 0.29) is 28.2 Å². The van der Waals surface area contributed by atoms with Crippen LogP contribution < -0.4 is 15.0 Å². The molecule has 0 unspecified atom stereocenters. The highest BCUT2D eigenvalue weighted by Gasteiger charge is 2.18. The van der Waals surface area contributed by atoms with E-state index in [4.69, 9.17) is 4.74 Å². The molecule has 3 aromatic heterocycles. The Morgan fingerprint density at radius 1 is 0.944 bits per heavy atom. The van der Waals surface area contributed by atoms with Gasteiger partial charge < -0.3 is 9.47 Å². The van der Waals surface area contributed by atoms with Crippen LogP contribution in [0.2, 0.25) is 0 Å². The second-order valence-electron chi connectivity index (χ2n) is 7.48. The Balaban J connectivity index is 1.70. The van der Waals surface area contributed by atoms with Crippen molar-refractivity contribution in [2.45, 2.75) is 13.0 Å². The van der Waals surface area contributed by atoms with Gasteiger partial charge in [0.05, 0.1) is 16.8 Å². The third-order valence-corrected chi connectivity index (χ3v) is 5.16. The molecule has 36 heavy (non-hydrogen) atoms. The Hall–Kier alpha value is -4.61. The summed E-state index contributed by atoms with van der Waals surface area (Å²) >= 11 is 0. The number of rotatable bonds is 7. The van der Waals surface area contributed by atoms with Crippen LogP contribution in [0.3, 0.4) is 0 Å². The number of nitrogens with zero attached hydrogens (tertiary/aromatic N) is 5. The van der Waals surface area contributed by atoms with E-state index < -0.39 is 25.2 Å². The van der Waals surface area contributed by atoms with Gasteiger partial charge in [-0.2, -0.15) is 18.6 Å². The third-order valence-electron chi connectivity index (χ3n) is 5.16. The molecule has 5 rings (SSSR count). The minimum absolute atomic E-state index is 0.0653. The van der Waals surface area contributed by atoms with Gasteiger partial charge in [0.1, 0.15) is 23.1 Å². The molecule has 3 heterocycles. The molecule has 0 radical (unpaired) electrons. The summed E-state index contributed by atoms with van der Waals surface area (Å²) in [5.74, 6) is -0.223. The first-order valence-electron chi connectivity index (χ1n) is 10.5. The SMILES string of the molecule is O=c1c(-c2ccc(OC(F)F)cc2)c2nc(OCC(F)F)ccc2nn1-c1ccc2ncncc2c1. The van der Waals surface area contributed by atoms with Crippen molar-refractivity contribution >= 4 is 21.9 Å². The van der Waals surface area contributed by atoms with Crippen LogP contribution in [0.15, 0.2) is 71.9 Å². The summed E-state index contributed by atoms with van der Waals surface area (Å²) < 4.78 is 61.0. The molecule has 0 spiro atoms. The minimum atomic E-state index is -3.01. The van der Waals surface area contributed by atoms with Gasteiger partial charge >= 0.3 is 6.61 Å². The maximum Gasteiger partial charge on any atom is 0.387 e. The molecule has 0 saturated heterocycles. The standard InChI is InChI=1S/C24H15F4N5O3/c25-19(26)11-35-20-8-7-18-22(31-20)21(13-1-4-16(5-2-13)36-24(27)28)23(34)33(32-18)15-3-6-17-14(9-15)10-29-12-30-17/h1-10,12,19,24H,11H2. The maximum atomic E-state index is 13.7. The molecule has 0 N–H and O–H groups in total.